The van der Waals surface area contributed by atoms with Crippen molar-refractivity contribution >= 4 is 40.0 Å². The van der Waals surface area contributed by atoms with Crippen molar-refractivity contribution in [1.29, 1.82) is 0 Å². The number of pyridine rings is 1. The van der Waals surface area contributed by atoms with E-state index in [-0.39, 0.29) is 6.61 Å². The van der Waals surface area contributed by atoms with E-state index in [9.17, 15) is 4.79 Å². The van der Waals surface area contributed by atoms with Crippen LogP contribution < -0.4 is 0 Å². The van der Waals surface area contributed by atoms with Gasteiger partial charge in [-0.25, -0.2) is 9.78 Å². The Morgan fingerprint density at radius 1 is 1.50 bits per heavy atom. The summed E-state index contributed by atoms with van der Waals surface area (Å²) >= 11 is 7.19. The van der Waals surface area contributed by atoms with E-state index >= 15 is 0 Å². The molecular formula is C13H9ClN2O3S. The lowest BCUT2D eigenvalue weighted by Gasteiger charge is -2.02. The van der Waals surface area contributed by atoms with Crippen LogP contribution in [0.4, 0.5) is 0 Å². The van der Waals surface area contributed by atoms with Gasteiger partial charge in [0.05, 0.1) is 21.0 Å². The summed E-state index contributed by atoms with van der Waals surface area (Å²) in [4.78, 5) is 16.9. The van der Waals surface area contributed by atoms with Crippen molar-refractivity contribution in [2.45, 2.75) is 13.5 Å². The lowest BCUT2D eigenvalue weighted by molar-refractivity contribution is 0.0476. The molecule has 3 aromatic rings. The largest absolute Gasteiger partial charge is 0.456 e. The molecule has 0 N–H and O–H groups in total. The fourth-order valence-corrected chi connectivity index (χ4v) is 2.71. The van der Waals surface area contributed by atoms with Crippen molar-refractivity contribution in [1.82, 2.24) is 10.1 Å². The summed E-state index contributed by atoms with van der Waals surface area (Å²) in [5.74, 6) is -0.440. The molecule has 0 aliphatic carbocycles. The van der Waals surface area contributed by atoms with Gasteiger partial charge in [-0.3, -0.25) is 0 Å². The number of esters is 1. The molecule has 5 nitrogen and oxygen atoms in total. The van der Waals surface area contributed by atoms with E-state index in [1.807, 2.05) is 6.07 Å². The van der Waals surface area contributed by atoms with E-state index in [4.69, 9.17) is 20.9 Å². The molecule has 3 rings (SSSR count). The molecule has 0 aromatic carbocycles. The molecule has 102 valence electrons. The highest BCUT2D eigenvalue weighted by Gasteiger charge is 2.13. The summed E-state index contributed by atoms with van der Waals surface area (Å²) in [6.45, 7) is 1.98. The fourth-order valence-electron chi connectivity index (χ4n) is 1.71. The van der Waals surface area contributed by atoms with Crippen molar-refractivity contribution < 1.29 is 14.1 Å². The Balaban J connectivity index is 1.76. The smallest absolute Gasteiger partial charge is 0.340 e. The molecule has 3 aromatic heterocycles. The molecule has 0 atom stereocenters. The summed E-state index contributed by atoms with van der Waals surface area (Å²) in [5, 5.41) is 4.50. The van der Waals surface area contributed by atoms with Crippen LogP contribution in [0.1, 0.15) is 20.9 Å². The third-order valence-electron chi connectivity index (χ3n) is 2.72. The van der Waals surface area contributed by atoms with Gasteiger partial charge in [0.15, 0.2) is 0 Å². The maximum atomic E-state index is 12.0. The lowest BCUT2D eigenvalue weighted by Crippen LogP contribution is -2.05. The van der Waals surface area contributed by atoms with Crippen molar-refractivity contribution in [3.63, 3.8) is 0 Å². The number of nitrogens with zero attached hydrogens (tertiary/aromatic N) is 2. The Morgan fingerprint density at radius 3 is 3.10 bits per heavy atom. The van der Waals surface area contributed by atoms with Crippen LogP contribution in [0.2, 0.25) is 4.34 Å². The number of aromatic nitrogens is 2. The van der Waals surface area contributed by atoms with Gasteiger partial charge in [-0.15, -0.1) is 11.3 Å². The molecule has 0 amide bonds. The maximum Gasteiger partial charge on any atom is 0.340 e. The van der Waals surface area contributed by atoms with Crippen LogP contribution in [0.5, 0.6) is 0 Å². The van der Waals surface area contributed by atoms with Crippen molar-refractivity contribution in [3.8, 4) is 0 Å². The highest BCUT2D eigenvalue weighted by atomic mass is 35.5. The number of carbonyl (C=O) groups excluding carboxylic acids is 1. The van der Waals surface area contributed by atoms with E-state index in [2.05, 4.69) is 10.1 Å². The van der Waals surface area contributed by atoms with Crippen LogP contribution in [0, 0.1) is 6.92 Å². The van der Waals surface area contributed by atoms with E-state index in [0.29, 0.717) is 26.7 Å². The highest BCUT2D eigenvalue weighted by Crippen LogP contribution is 2.22. The van der Waals surface area contributed by atoms with Gasteiger partial charge < -0.3 is 9.26 Å². The second-order valence-electron chi connectivity index (χ2n) is 4.13. The number of thiophene rings is 1. The molecule has 0 aliphatic rings. The molecule has 20 heavy (non-hydrogen) atoms. The summed E-state index contributed by atoms with van der Waals surface area (Å²) < 4.78 is 10.9. The van der Waals surface area contributed by atoms with Crippen molar-refractivity contribution in [2.24, 2.45) is 0 Å². The zero-order valence-corrected chi connectivity index (χ0v) is 12.0. The predicted molar refractivity (Wildman–Crippen MR) is 75.0 cm³/mol. The number of fused-ring (bicyclic) bond motifs is 1. The Labute approximate surface area is 123 Å². The highest BCUT2D eigenvalue weighted by molar-refractivity contribution is 7.16. The van der Waals surface area contributed by atoms with Gasteiger partial charge in [-0.1, -0.05) is 16.8 Å². The minimum atomic E-state index is -0.440. The Bertz CT molecular complexity index is 781. The molecule has 0 saturated heterocycles. The maximum absolute atomic E-state index is 12.0. The van der Waals surface area contributed by atoms with Crippen LogP contribution in [-0.2, 0) is 11.3 Å². The topological polar surface area (TPSA) is 65.2 Å². The fraction of sp³-hybridized carbons (Fsp3) is 0.154. The Hall–Kier alpha value is -1.92. The normalized spacial score (nSPS) is 10.9. The van der Waals surface area contributed by atoms with Gasteiger partial charge in [0.2, 0.25) is 0 Å². The summed E-state index contributed by atoms with van der Waals surface area (Å²) in [5.41, 5.74) is 1.46. The first-order valence-corrected chi connectivity index (χ1v) is 6.96. The van der Waals surface area contributed by atoms with E-state index in [0.717, 1.165) is 4.88 Å². The first-order valence-electron chi connectivity index (χ1n) is 5.77. The lowest BCUT2D eigenvalue weighted by atomic mass is 10.2. The van der Waals surface area contributed by atoms with Gasteiger partial charge >= 0.3 is 5.97 Å². The molecule has 0 fully saturated rings. The van der Waals surface area contributed by atoms with Gasteiger partial charge in [-0.05, 0) is 25.1 Å². The first-order chi connectivity index (χ1) is 9.63. The van der Waals surface area contributed by atoms with E-state index in [1.165, 1.54) is 17.5 Å². The van der Waals surface area contributed by atoms with Gasteiger partial charge in [0.25, 0.3) is 5.71 Å². The van der Waals surface area contributed by atoms with Crippen LogP contribution >= 0.6 is 22.9 Å². The minimum Gasteiger partial charge on any atom is -0.456 e. The SMILES string of the molecule is Cc1noc2ncc(C(=O)OCc3ccc(Cl)s3)cc12. The molecule has 7 heteroatoms. The van der Waals surface area contributed by atoms with Crippen LogP contribution in [0.3, 0.4) is 0 Å². The van der Waals surface area contributed by atoms with Gasteiger partial charge in [0, 0.05) is 11.1 Å². The number of hydrogen-bond donors (Lipinski definition) is 0. The number of carbonyl (C=O) groups is 1. The number of rotatable bonds is 3. The third-order valence-corrected chi connectivity index (χ3v) is 3.92. The standard InChI is InChI=1S/C13H9ClN2O3S/c1-7-10-4-8(5-15-12(10)19-16-7)13(17)18-6-9-2-3-11(14)20-9/h2-5H,6H2,1H3. The summed E-state index contributed by atoms with van der Waals surface area (Å²) in [7, 11) is 0. The molecule has 0 spiro atoms. The monoisotopic (exact) mass is 308 g/mol. The van der Waals surface area contributed by atoms with Gasteiger partial charge in [-0.2, -0.15) is 0 Å². The summed E-state index contributed by atoms with van der Waals surface area (Å²) in [6.07, 6.45) is 1.41. The van der Waals surface area contributed by atoms with Crippen molar-refractivity contribution in [3.05, 3.63) is 44.9 Å². The van der Waals surface area contributed by atoms with Crippen LogP contribution in [0.25, 0.3) is 11.1 Å². The third kappa shape index (κ3) is 2.52. The second kappa shape index (κ2) is 5.22. The predicted octanol–water partition coefficient (Wildman–Crippen LogP) is 3.60. The molecule has 3 heterocycles. The first kappa shape index (κ1) is 13.1. The van der Waals surface area contributed by atoms with Crippen LogP contribution in [0.15, 0.2) is 28.9 Å². The van der Waals surface area contributed by atoms with Crippen molar-refractivity contribution in [2.75, 3.05) is 0 Å². The molecule has 0 aliphatic heterocycles. The second-order valence-corrected chi connectivity index (χ2v) is 5.93. The average molecular weight is 309 g/mol. The quantitative estimate of drug-likeness (QED) is 0.692. The molecular weight excluding hydrogens is 300 g/mol. The molecule has 0 radical (unpaired) electrons. The Morgan fingerprint density at radius 2 is 2.35 bits per heavy atom. The van der Waals surface area contributed by atoms with Crippen LogP contribution in [-0.4, -0.2) is 16.1 Å². The van der Waals surface area contributed by atoms with E-state index < -0.39 is 5.97 Å². The minimum absolute atomic E-state index is 0.191. The number of hydrogen-bond acceptors (Lipinski definition) is 6. The zero-order valence-electron chi connectivity index (χ0n) is 10.4. The number of halogens is 1. The Kier molecular flexibility index (Phi) is 3.42. The zero-order chi connectivity index (χ0) is 14.1. The van der Waals surface area contributed by atoms with E-state index in [1.54, 1.807) is 19.1 Å². The number of ether oxygens (including phenoxy) is 1. The van der Waals surface area contributed by atoms with Gasteiger partial charge in [0.1, 0.15) is 6.61 Å². The molecule has 0 saturated carbocycles. The molecule has 0 unspecified atom stereocenters. The number of aryl methyl sites for hydroxylation is 1. The average Bonchev–Trinajstić information content (AvgIpc) is 3.03. The summed E-state index contributed by atoms with van der Waals surface area (Å²) in [6, 6.07) is 5.26. The molecule has 0 bridgehead atoms.